The molecule has 1 aliphatic rings. The fourth-order valence-corrected chi connectivity index (χ4v) is 3.92. The molecule has 5 rings (SSSR count). The number of methoxy groups -OCH3 is 1. The maximum Gasteiger partial charge on any atom is 0.166 e. The van der Waals surface area contributed by atoms with Crippen LogP contribution in [0.4, 0.5) is 10.1 Å². The summed E-state index contributed by atoms with van der Waals surface area (Å²) in [5.74, 6) is 0.223. The number of halogens is 1. The van der Waals surface area contributed by atoms with Gasteiger partial charge in [-0.25, -0.2) is 14.4 Å². The Morgan fingerprint density at radius 1 is 1.03 bits per heavy atom. The van der Waals surface area contributed by atoms with E-state index in [1.54, 1.807) is 18.3 Å². The number of hydrogen-bond donors (Lipinski definition) is 1. The molecule has 0 aliphatic carbocycles. The van der Waals surface area contributed by atoms with Crippen molar-refractivity contribution >= 4 is 16.7 Å². The summed E-state index contributed by atoms with van der Waals surface area (Å²) in [5.41, 5.74) is 4.42. The van der Waals surface area contributed by atoms with Crippen molar-refractivity contribution in [3.05, 3.63) is 54.5 Å². The van der Waals surface area contributed by atoms with E-state index in [0.29, 0.717) is 22.5 Å². The number of aromatic amines is 1. The van der Waals surface area contributed by atoms with Crippen molar-refractivity contribution in [2.24, 2.45) is 0 Å². The average Bonchev–Trinajstić information content (AvgIpc) is 3.23. The van der Waals surface area contributed by atoms with Gasteiger partial charge in [0.1, 0.15) is 28.3 Å². The van der Waals surface area contributed by atoms with Gasteiger partial charge in [-0.15, -0.1) is 0 Å². The van der Waals surface area contributed by atoms with Crippen LogP contribution in [0.3, 0.4) is 0 Å². The van der Waals surface area contributed by atoms with E-state index >= 15 is 0 Å². The zero-order valence-electron chi connectivity index (χ0n) is 17.5. The maximum atomic E-state index is 14.5. The van der Waals surface area contributed by atoms with Crippen molar-refractivity contribution < 1.29 is 9.13 Å². The van der Waals surface area contributed by atoms with Crippen LogP contribution < -0.4 is 9.64 Å². The number of benzene rings is 2. The van der Waals surface area contributed by atoms with E-state index in [4.69, 9.17) is 4.74 Å². The number of H-pyrrole nitrogens is 1. The fourth-order valence-electron chi connectivity index (χ4n) is 3.92. The highest BCUT2D eigenvalue weighted by Crippen LogP contribution is 2.33. The SMILES string of the molecule is COc1cccc(F)c1-c1ncc2[nH]nc(-c3ccc(N4CCN(C)CC4)cc3)c2n1. The Labute approximate surface area is 179 Å². The summed E-state index contributed by atoms with van der Waals surface area (Å²) in [6.07, 6.45) is 1.62. The first-order chi connectivity index (χ1) is 15.1. The number of likely N-dealkylation sites (N-methyl/N-ethyl adjacent to an activating group) is 1. The van der Waals surface area contributed by atoms with Gasteiger partial charge in [0.15, 0.2) is 5.82 Å². The third-order valence-corrected chi connectivity index (χ3v) is 5.73. The Morgan fingerprint density at radius 2 is 1.81 bits per heavy atom. The summed E-state index contributed by atoms with van der Waals surface area (Å²) in [4.78, 5) is 13.7. The van der Waals surface area contributed by atoms with Gasteiger partial charge in [0.2, 0.25) is 0 Å². The molecule has 2 aromatic heterocycles. The van der Waals surface area contributed by atoms with E-state index < -0.39 is 5.82 Å². The van der Waals surface area contributed by atoms with E-state index in [1.165, 1.54) is 18.9 Å². The molecule has 1 saturated heterocycles. The minimum Gasteiger partial charge on any atom is -0.496 e. The topological polar surface area (TPSA) is 70.2 Å². The molecule has 2 aromatic carbocycles. The van der Waals surface area contributed by atoms with Crippen molar-refractivity contribution in [3.8, 4) is 28.4 Å². The number of hydrogen-bond acceptors (Lipinski definition) is 6. The molecule has 0 spiro atoms. The maximum absolute atomic E-state index is 14.5. The Bertz CT molecular complexity index is 1210. The van der Waals surface area contributed by atoms with Gasteiger partial charge in [-0.2, -0.15) is 5.10 Å². The lowest BCUT2D eigenvalue weighted by Crippen LogP contribution is -2.44. The second kappa shape index (κ2) is 7.96. The van der Waals surface area contributed by atoms with Crippen molar-refractivity contribution in [1.29, 1.82) is 0 Å². The minimum absolute atomic E-state index is 0.240. The zero-order chi connectivity index (χ0) is 21.4. The first-order valence-corrected chi connectivity index (χ1v) is 10.2. The van der Waals surface area contributed by atoms with Crippen LogP contribution in [-0.4, -0.2) is 65.4 Å². The molecule has 1 fully saturated rings. The highest BCUT2D eigenvalue weighted by molar-refractivity contribution is 5.90. The molecule has 4 aromatic rings. The third-order valence-electron chi connectivity index (χ3n) is 5.73. The predicted molar refractivity (Wildman–Crippen MR) is 119 cm³/mol. The molecule has 31 heavy (non-hydrogen) atoms. The molecule has 1 aliphatic heterocycles. The number of rotatable bonds is 4. The lowest BCUT2D eigenvalue weighted by molar-refractivity contribution is 0.313. The molecule has 0 unspecified atom stereocenters. The molecule has 3 heterocycles. The van der Waals surface area contributed by atoms with Crippen LogP contribution in [0.15, 0.2) is 48.7 Å². The largest absolute Gasteiger partial charge is 0.496 e. The van der Waals surface area contributed by atoms with Crippen LogP contribution in [0.25, 0.3) is 33.7 Å². The van der Waals surface area contributed by atoms with E-state index in [1.807, 2.05) is 0 Å². The van der Waals surface area contributed by atoms with Crippen LogP contribution >= 0.6 is 0 Å². The zero-order valence-corrected chi connectivity index (χ0v) is 17.5. The smallest absolute Gasteiger partial charge is 0.166 e. The molecule has 0 saturated carbocycles. The molecular weight excluding hydrogens is 395 g/mol. The number of anilines is 1. The van der Waals surface area contributed by atoms with E-state index in [2.05, 4.69) is 61.3 Å². The Balaban J connectivity index is 1.51. The van der Waals surface area contributed by atoms with E-state index in [0.717, 1.165) is 31.7 Å². The Morgan fingerprint density at radius 3 is 2.55 bits per heavy atom. The van der Waals surface area contributed by atoms with Crippen LogP contribution in [0.1, 0.15) is 0 Å². The second-order valence-corrected chi connectivity index (χ2v) is 7.68. The quantitative estimate of drug-likeness (QED) is 0.546. The third kappa shape index (κ3) is 3.59. The van der Waals surface area contributed by atoms with Gasteiger partial charge >= 0.3 is 0 Å². The highest BCUT2D eigenvalue weighted by atomic mass is 19.1. The molecule has 0 bridgehead atoms. The van der Waals surface area contributed by atoms with Gasteiger partial charge in [0.05, 0.1) is 18.9 Å². The standard InChI is InChI=1S/C23H23FN6O/c1-29-10-12-30(13-11-29)16-8-6-15(7-9-16)21-22-18(27-28-21)14-25-23(26-22)20-17(24)4-3-5-19(20)31-2/h3-9,14H,10-13H2,1-2H3,(H,27,28). The molecule has 0 amide bonds. The Kier molecular flexibility index (Phi) is 4.99. The minimum atomic E-state index is -0.430. The normalized spacial score (nSPS) is 14.9. The highest BCUT2D eigenvalue weighted by Gasteiger charge is 2.18. The van der Waals surface area contributed by atoms with Gasteiger partial charge in [0, 0.05) is 37.4 Å². The first-order valence-electron chi connectivity index (χ1n) is 10.2. The van der Waals surface area contributed by atoms with Crippen LogP contribution in [0.2, 0.25) is 0 Å². The van der Waals surface area contributed by atoms with Crippen molar-refractivity contribution in [3.63, 3.8) is 0 Å². The lowest BCUT2D eigenvalue weighted by atomic mass is 10.1. The number of nitrogens with one attached hydrogen (secondary N) is 1. The molecule has 0 atom stereocenters. The molecule has 158 valence electrons. The number of piperazine rings is 1. The number of aromatic nitrogens is 4. The van der Waals surface area contributed by atoms with Gasteiger partial charge in [-0.3, -0.25) is 5.10 Å². The summed E-state index contributed by atoms with van der Waals surface area (Å²) in [5, 5.41) is 7.42. The van der Waals surface area contributed by atoms with Crippen LogP contribution in [0, 0.1) is 5.82 Å². The van der Waals surface area contributed by atoms with Crippen molar-refractivity contribution in [2.75, 3.05) is 45.2 Å². The molecule has 8 heteroatoms. The summed E-state index contributed by atoms with van der Waals surface area (Å²) >= 11 is 0. The average molecular weight is 418 g/mol. The number of nitrogens with zero attached hydrogens (tertiary/aromatic N) is 5. The summed E-state index contributed by atoms with van der Waals surface area (Å²) in [6.45, 7) is 4.15. The number of fused-ring (bicyclic) bond motifs is 1. The monoisotopic (exact) mass is 418 g/mol. The van der Waals surface area contributed by atoms with Crippen molar-refractivity contribution in [1.82, 2.24) is 25.1 Å². The van der Waals surface area contributed by atoms with Gasteiger partial charge < -0.3 is 14.5 Å². The van der Waals surface area contributed by atoms with E-state index in [-0.39, 0.29) is 11.4 Å². The summed E-state index contributed by atoms with van der Waals surface area (Å²) in [6, 6.07) is 13.0. The Hall–Kier alpha value is -3.52. The molecule has 0 radical (unpaired) electrons. The van der Waals surface area contributed by atoms with Gasteiger partial charge in [-0.1, -0.05) is 18.2 Å². The fraction of sp³-hybridized carbons (Fsp3) is 0.261. The van der Waals surface area contributed by atoms with Gasteiger partial charge in [0.25, 0.3) is 0 Å². The first kappa shape index (κ1) is 19.4. The summed E-state index contributed by atoms with van der Waals surface area (Å²) < 4.78 is 19.8. The number of ether oxygens (including phenoxy) is 1. The van der Waals surface area contributed by atoms with Crippen LogP contribution in [0.5, 0.6) is 5.75 Å². The van der Waals surface area contributed by atoms with Crippen molar-refractivity contribution in [2.45, 2.75) is 0 Å². The summed E-state index contributed by atoms with van der Waals surface area (Å²) in [7, 11) is 3.65. The van der Waals surface area contributed by atoms with Crippen LogP contribution in [-0.2, 0) is 0 Å². The molecule has 1 N–H and O–H groups in total. The molecular formula is C23H23FN6O. The molecule has 7 nitrogen and oxygen atoms in total. The lowest BCUT2D eigenvalue weighted by Gasteiger charge is -2.34. The van der Waals surface area contributed by atoms with E-state index in [9.17, 15) is 4.39 Å². The predicted octanol–water partition coefficient (Wildman–Crippen LogP) is 3.59. The second-order valence-electron chi connectivity index (χ2n) is 7.68. The van der Waals surface area contributed by atoms with Gasteiger partial charge in [-0.05, 0) is 31.3 Å².